The lowest BCUT2D eigenvalue weighted by Crippen LogP contribution is -2.47. The second-order valence-corrected chi connectivity index (χ2v) is 9.35. The zero-order valence-corrected chi connectivity index (χ0v) is 16.2. The lowest BCUT2D eigenvalue weighted by Gasteiger charge is -2.31. The number of hydrogen-bond acceptors (Lipinski definition) is 8. The Hall–Kier alpha value is -2.14. The molecular formula is C17H18N4O4S2. The number of hydrogen-bond donors (Lipinski definition) is 1. The molecule has 1 aliphatic rings. The van der Waals surface area contributed by atoms with Crippen LogP contribution in [0.2, 0.25) is 0 Å². The number of rotatable bonds is 4. The average molecular weight is 406 g/mol. The molecule has 1 N–H and O–H groups in total. The zero-order valence-electron chi connectivity index (χ0n) is 14.6. The number of phenols is 1. The molecule has 0 atom stereocenters. The largest absolute Gasteiger partial charge is 0.508 e. The van der Waals surface area contributed by atoms with Crippen LogP contribution in [0.25, 0.3) is 11.0 Å². The third kappa shape index (κ3) is 3.53. The Balaban J connectivity index is 1.70. The summed E-state index contributed by atoms with van der Waals surface area (Å²) in [5.41, 5.74) is 0.640. The van der Waals surface area contributed by atoms with Crippen LogP contribution in [-0.4, -0.2) is 66.3 Å². The first-order chi connectivity index (χ1) is 12.9. The van der Waals surface area contributed by atoms with Crippen LogP contribution in [0.4, 0.5) is 0 Å². The third-order valence-electron chi connectivity index (χ3n) is 4.49. The number of fused-ring (bicyclic) bond motifs is 1. The fourth-order valence-corrected chi connectivity index (χ4v) is 5.35. The summed E-state index contributed by atoms with van der Waals surface area (Å²) in [6.07, 6.45) is 0. The third-order valence-corrected chi connectivity index (χ3v) is 7.47. The van der Waals surface area contributed by atoms with Gasteiger partial charge in [-0.05, 0) is 53.8 Å². The number of aromatic nitrogens is 2. The second-order valence-electron chi connectivity index (χ2n) is 6.33. The van der Waals surface area contributed by atoms with Crippen molar-refractivity contribution >= 4 is 32.8 Å². The van der Waals surface area contributed by atoms with Gasteiger partial charge in [-0.3, -0.25) is 0 Å². The minimum absolute atomic E-state index is 0.110. The Morgan fingerprint density at radius 1 is 1.00 bits per heavy atom. The van der Waals surface area contributed by atoms with Gasteiger partial charge in [-0.15, -0.1) is 0 Å². The van der Waals surface area contributed by atoms with Crippen molar-refractivity contribution in [3.05, 3.63) is 36.4 Å². The molecule has 0 unspecified atom stereocenters. The summed E-state index contributed by atoms with van der Waals surface area (Å²) in [5.74, 6) is 0.182. The molecule has 0 saturated carbocycles. The van der Waals surface area contributed by atoms with Crippen LogP contribution in [0.5, 0.6) is 5.75 Å². The summed E-state index contributed by atoms with van der Waals surface area (Å²) in [4.78, 5) is 3.82. The lowest BCUT2D eigenvalue weighted by molar-refractivity contribution is 0.222. The second kappa shape index (κ2) is 7.12. The van der Waals surface area contributed by atoms with Gasteiger partial charge in [0.05, 0.1) is 0 Å². The van der Waals surface area contributed by atoms with Gasteiger partial charge >= 0.3 is 0 Å². The Morgan fingerprint density at radius 2 is 1.67 bits per heavy atom. The van der Waals surface area contributed by atoms with Gasteiger partial charge in [0.2, 0.25) is 10.0 Å². The summed E-state index contributed by atoms with van der Waals surface area (Å²) in [6.45, 7) is 2.26. The van der Waals surface area contributed by atoms with Gasteiger partial charge < -0.3 is 10.0 Å². The lowest BCUT2D eigenvalue weighted by atomic mass is 10.3. The minimum Gasteiger partial charge on any atom is -0.508 e. The van der Waals surface area contributed by atoms with Gasteiger partial charge in [-0.1, -0.05) is 11.8 Å². The van der Waals surface area contributed by atoms with Crippen LogP contribution >= 0.6 is 11.8 Å². The predicted octanol–water partition coefficient (Wildman–Crippen LogP) is 2.02. The van der Waals surface area contributed by atoms with Gasteiger partial charge in [0, 0.05) is 36.0 Å². The Labute approximate surface area is 160 Å². The first-order valence-corrected chi connectivity index (χ1v) is 10.6. The van der Waals surface area contributed by atoms with Crippen LogP contribution in [0.15, 0.2) is 55.7 Å². The molecule has 1 aromatic heterocycles. The van der Waals surface area contributed by atoms with Crippen LogP contribution in [0.3, 0.4) is 0 Å². The summed E-state index contributed by atoms with van der Waals surface area (Å²) in [5, 5.41) is 17.2. The molecule has 0 aliphatic carbocycles. The van der Waals surface area contributed by atoms with E-state index in [1.54, 1.807) is 36.4 Å². The van der Waals surface area contributed by atoms with Crippen molar-refractivity contribution in [1.82, 2.24) is 19.5 Å². The molecule has 0 spiro atoms. The molecule has 3 aromatic rings. The first-order valence-electron chi connectivity index (χ1n) is 8.36. The van der Waals surface area contributed by atoms with Crippen LogP contribution in [-0.2, 0) is 10.0 Å². The van der Waals surface area contributed by atoms with Gasteiger partial charge in [0.25, 0.3) is 0 Å². The number of aromatic hydroxyl groups is 1. The maximum atomic E-state index is 13.1. The van der Waals surface area contributed by atoms with Crippen molar-refractivity contribution in [3.8, 4) is 5.75 Å². The van der Waals surface area contributed by atoms with Crippen LogP contribution in [0, 0.1) is 0 Å². The normalized spacial score (nSPS) is 16.8. The van der Waals surface area contributed by atoms with E-state index in [2.05, 4.69) is 15.2 Å². The molecule has 4 rings (SSSR count). The molecule has 2 heterocycles. The van der Waals surface area contributed by atoms with Crippen molar-refractivity contribution in [2.24, 2.45) is 0 Å². The molecule has 27 heavy (non-hydrogen) atoms. The van der Waals surface area contributed by atoms with E-state index in [0.717, 1.165) is 9.79 Å². The summed E-state index contributed by atoms with van der Waals surface area (Å²) < 4.78 is 32.5. The topological polar surface area (TPSA) is 99.8 Å². The highest BCUT2D eigenvalue weighted by molar-refractivity contribution is 7.99. The average Bonchev–Trinajstić information content (AvgIpc) is 3.14. The number of likely N-dealkylation sites (N-methyl/N-ethyl adjacent to an activating group) is 1. The highest BCUT2D eigenvalue weighted by Gasteiger charge is 2.31. The monoisotopic (exact) mass is 406 g/mol. The fourth-order valence-electron chi connectivity index (χ4n) is 2.92. The molecule has 1 aliphatic heterocycles. The molecule has 10 heteroatoms. The summed E-state index contributed by atoms with van der Waals surface area (Å²) in [7, 11) is -1.70. The van der Waals surface area contributed by atoms with E-state index in [-0.39, 0.29) is 16.2 Å². The summed E-state index contributed by atoms with van der Waals surface area (Å²) in [6, 6.07) is 10.00. The maximum absolute atomic E-state index is 13.1. The fraction of sp³-hybridized carbons (Fsp3) is 0.294. The summed E-state index contributed by atoms with van der Waals surface area (Å²) >= 11 is 1.40. The highest BCUT2D eigenvalue weighted by Crippen LogP contribution is 2.36. The molecule has 1 saturated heterocycles. The number of piperazine rings is 1. The van der Waals surface area contributed by atoms with Crippen molar-refractivity contribution in [3.63, 3.8) is 0 Å². The number of nitrogens with zero attached hydrogens (tertiary/aromatic N) is 4. The van der Waals surface area contributed by atoms with E-state index >= 15 is 0 Å². The SMILES string of the molecule is CN1CCN(S(=O)(=O)c2ccc(Sc3ccc(O)cc3)c3nonc23)CC1. The van der Waals surface area contributed by atoms with Gasteiger partial charge in [0.1, 0.15) is 10.6 Å². The smallest absolute Gasteiger partial charge is 0.245 e. The van der Waals surface area contributed by atoms with Crippen molar-refractivity contribution in [1.29, 1.82) is 0 Å². The van der Waals surface area contributed by atoms with Crippen molar-refractivity contribution in [2.75, 3.05) is 33.2 Å². The number of sulfonamides is 1. The number of benzene rings is 2. The maximum Gasteiger partial charge on any atom is 0.245 e. The minimum atomic E-state index is -3.68. The van der Waals surface area contributed by atoms with Crippen LogP contribution < -0.4 is 0 Å². The van der Waals surface area contributed by atoms with Gasteiger partial charge in [-0.2, -0.15) is 4.31 Å². The van der Waals surface area contributed by atoms with E-state index in [1.807, 2.05) is 7.05 Å². The van der Waals surface area contributed by atoms with Crippen molar-refractivity contribution < 1.29 is 18.2 Å². The number of phenolic OH excluding ortho intramolecular Hbond substituents is 1. The molecule has 1 fully saturated rings. The molecule has 8 nitrogen and oxygen atoms in total. The molecule has 0 radical (unpaired) electrons. The van der Waals surface area contributed by atoms with E-state index in [1.165, 1.54) is 16.1 Å². The Kier molecular flexibility index (Phi) is 4.81. The Morgan fingerprint density at radius 3 is 2.37 bits per heavy atom. The Bertz CT molecular complexity index is 1060. The molecule has 0 bridgehead atoms. The van der Waals surface area contributed by atoms with E-state index in [4.69, 9.17) is 4.63 Å². The molecule has 0 amide bonds. The zero-order chi connectivity index (χ0) is 19.0. The van der Waals surface area contributed by atoms with Crippen molar-refractivity contribution in [2.45, 2.75) is 14.7 Å². The standard InChI is InChI=1S/C17H18N4O4S2/c1-20-8-10-21(11-9-20)27(23,24)15-7-6-14(16-17(15)19-25-18-16)26-13-4-2-12(22)3-5-13/h2-7,22H,8-11H2,1H3. The highest BCUT2D eigenvalue weighted by atomic mass is 32.2. The first kappa shape index (κ1) is 18.2. The van der Waals surface area contributed by atoms with E-state index in [9.17, 15) is 13.5 Å². The van der Waals surface area contributed by atoms with Crippen LogP contribution in [0.1, 0.15) is 0 Å². The van der Waals surface area contributed by atoms with E-state index in [0.29, 0.717) is 31.7 Å². The van der Waals surface area contributed by atoms with Gasteiger partial charge in [-0.25, -0.2) is 13.0 Å². The van der Waals surface area contributed by atoms with E-state index < -0.39 is 10.0 Å². The molecule has 2 aromatic carbocycles. The van der Waals surface area contributed by atoms with Gasteiger partial charge in [0.15, 0.2) is 11.0 Å². The molecular weight excluding hydrogens is 388 g/mol. The quantitative estimate of drug-likeness (QED) is 0.702. The predicted molar refractivity (Wildman–Crippen MR) is 100 cm³/mol. The molecule has 142 valence electrons.